The lowest BCUT2D eigenvalue weighted by molar-refractivity contribution is 0.0734. The van der Waals surface area contributed by atoms with Crippen LogP contribution in [0.1, 0.15) is 44.0 Å². The first kappa shape index (κ1) is 16.9. The third-order valence-electron chi connectivity index (χ3n) is 3.38. The minimum Gasteiger partial charge on any atom is -0.508 e. The van der Waals surface area contributed by atoms with Gasteiger partial charge in [0.25, 0.3) is 0 Å². The summed E-state index contributed by atoms with van der Waals surface area (Å²) in [5.41, 5.74) is 0.210. The van der Waals surface area contributed by atoms with Gasteiger partial charge in [-0.05, 0) is 68.8 Å². The molecule has 0 atom stereocenters. The van der Waals surface area contributed by atoms with Crippen LogP contribution in [0.5, 0.6) is 17.2 Å². The van der Waals surface area contributed by atoms with Gasteiger partial charge in [0.2, 0.25) is 0 Å². The Kier molecular flexibility index (Phi) is 5.27. The topological polar surface area (TPSA) is 55.8 Å². The van der Waals surface area contributed by atoms with Crippen LogP contribution in [-0.2, 0) is 0 Å². The first-order valence-corrected chi connectivity index (χ1v) is 7.70. The Hall–Kier alpha value is -2.49. The van der Waals surface area contributed by atoms with Crippen molar-refractivity contribution in [3.05, 3.63) is 54.1 Å². The maximum atomic E-state index is 12.1. The molecule has 0 unspecified atom stereocenters. The van der Waals surface area contributed by atoms with Crippen LogP contribution < -0.4 is 9.47 Å². The number of esters is 1. The minimum atomic E-state index is -0.449. The summed E-state index contributed by atoms with van der Waals surface area (Å²) in [6, 6.07) is 12.9. The second kappa shape index (κ2) is 7.18. The standard InChI is InChI=1S/C19H22O4/c1-4-13-19(2,3)23-17-9-5-14(6-10-17)18(21)22-16-11-7-15(20)8-12-16/h5-12,20H,4,13H2,1-3H3. The quantitative estimate of drug-likeness (QED) is 0.627. The van der Waals surface area contributed by atoms with Crippen LogP contribution in [0.3, 0.4) is 0 Å². The number of rotatable bonds is 6. The zero-order valence-corrected chi connectivity index (χ0v) is 13.7. The maximum Gasteiger partial charge on any atom is 0.343 e. The molecule has 0 heterocycles. The van der Waals surface area contributed by atoms with Crippen molar-refractivity contribution < 1.29 is 19.4 Å². The van der Waals surface area contributed by atoms with Crippen molar-refractivity contribution in [3.63, 3.8) is 0 Å². The molecule has 122 valence electrons. The average molecular weight is 314 g/mol. The monoisotopic (exact) mass is 314 g/mol. The molecule has 0 aromatic heterocycles. The Morgan fingerprint density at radius 2 is 1.57 bits per heavy atom. The third-order valence-corrected chi connectivity index (χ3v) is 3.38. The second-order valence-corrected chi connectivity index (χ2v) is 6.02. The summed E-state index contributed by atoms with van der Waals surface area (Å²) in [6.07, 6.45) is 2.00. The second-order valence-electron chi connectivity index (χ2n) is 6.02. The van der Waals surface area contributed by atoms with Gasteiger partial charge in [0, 0.05) is 0 Å². The molecule has 1 N–H and O–H groups in total. The fourth-order valence-electron chi connectivity index (χ4n) is 2.31. The molecular formula is C19H22O4. The fourth-order valence-corrected chi connectivity index (χ4v) is 2.31. The smallest absolute Gasteiger partial charge is 0.343 e. The number of aromatic hydroxyl groups is 1. The molecule has 2 rings (SSSR count). The number of carbonyl (C=O) groups excluding carboxylic acids is 1. The summed E-state index contributed by atoms with van der Waals surface area (Å²) in [5.74, 6) is 0.790. The van der Waals surface area contributed by atoms with Crippen LogP contribution in [0.4, 0.5) is 0 Å². The van der Waals surface area contributed by atoms with Gasteiger partial charge in [-0.3, -0.25) is 0 Å². The lowest BCUT2D eigenvalue weighted by Gasteiger charge is -2.26. The molecule has 0 bridgehead atoms. The molecule has 4 nitrogen and oxygen atoms in total. The van der Waals surface area contributed by atoms with Crippen LogP contribution in [0.15, 0.2) is 48.5 Å². The first-order valence-electron chi connectivity index (χ1n) is 7.70. The zero-order valence-electron chi connectivity index (χ0n) is 13.7. The summed E-state index contributed by atoms with van der Waals surface area (Å²) in [4.78, 5) is 12.1. The predicted molar refractivity (Wildman–Crippen MR) is 89.1 cm³/mol. The van der Waals surface area contributed by atoms with E-state index in [1.165, 1.54) is 24.3 Å². The van der Waals surface area contributed by atoms with Crippen molar-refractivity contribution in [2.45, 2.75) is 39.2 Å². The summed E-state index contributed by atoms with van der Waals surface area (Å²) in [6.45, 7) is 6.21. The van der Waals surface area contributed by atoms with Crippen LogP contribution in [0, 0.1) is 0 Å². The van der Waals surface area contributed by atoms with E-state index in [0.29, 0.717) is 11.3 Å². The van der Waals surface area contributed by atoms with Crippen LogP contribution >= 0.6 is 0 Å². The Morgan fingerprint density at radius 1 is 1.00 bits per heavy atom. The summed E-state index contributed by atoms with van der Waals surface area (Å²) < 4.78 is 11.2. The van der Waals surface area contributed by atoms with Crippen molar-refractivity contribution in [3.8, 4) is 17.2 Å². The number of phenols is 1. The highest BCUT2D eigenvalue weighted by Gasteiger charge is 2.18. The van der Waals surface area contributed by atoms with Crippen molar-refractivity contribution in [1.82, 2.24) is 0 Å². The van der Waals surface area contributed by atoms with Gasteiger partial charge in [-0.1, -0.05) is 13.3 Å². The molecule has 0 spiro atoms. The molecule has 0 saturated carbocycles. The van der Waals surface area contributed by atoms with E-state index in [-0.39, 0.29) is 11.4 Å². The number of phenolic OH excluding ortho intramolecular Hbond substituents is 1. The van der Waals surface area contributed by atoms with Gasteiger partial charge >= 0.3 is 5.97 Å². The van der Waals surface area contributed by atoms with Gasteiger partial charge < -0.3 is 14.6 Å². The molecule has 0 fully saturated rings. The third kappa shape index (κ3) is 5.02. The highest BCUT2D eigenvalue weighted by molar-refractivity contribution is 5.91. The van der Waals surface area contributed by atoms with Gasteiger partial charge in [0.15, 0.2) is 0 Å². The molecule has 2 aromatic rings. The number of ether oxygens (including phenoxy) is 2. The van der Waals surface area contributed by atoms with Crippen LogP contribution in [0.25, 0.3) is 0 Å². The van der Waals surface area contributed by atoms with E-state index < -0.39 is 5.97 Å². The summed E-state index contributed by atoms with van der Waals surface area (Å²) >= 11 is 0. The highest BCUT2D eigenvalue weighted by atomic mass is 16.5. The molecule has 0 aliphatic heterocycles. The normalized spacial score (nSPS) is 11.1. The van der Waals surface area contributed by atoms with E-state index in [9.17, 15) is 9.90 Å². The molecule has 4 heteroatoms. The van der Waals surface area contributed by atoms with Crippen molar-refractivity contribution in [2.75, 3.05) is 0 Å². The van der Waals surface area contributed by atoms with E-state index in [0.717, 1.165) is 18.6 Å². The number of carbonyl (C=O) groups is 1. The largest absolute Gasteiger partial charge is 0.508 e. The predicted octanol–water partition coefficient (Wildman–Crippen LogP) is 4.57. The molecule has 0 saturated heterocycles. The van der Waals surface area contributed by atoms with E-state index in [2.05, 4.69) is 6.92 Å². The van der Waals surface area contributed by atoms with E-state index >= 15 is 0 Å². The van der Waals surface area contributed by atoms with Crippen molar-refractivity contribution in [2.24, 2.45) is 0 Å². The zero-order chi connectivity index (χ0) is 16.9. The number of hydrogen-bond acceptors (Lipinski definition) is 4. The van der Waals surface area contributed by atoms with Gasteiger partial charge in [0.1, 0.15) is 22.8 Å². The lowest BCUT2D eigenvalue weighted by Crippen LogP contribution is -2.27. The van der Waals surface area contributed by atoms with Crippen molar-refractivity contribution in [1.29, 1.82) is 0 Å². The number of hydrogen-bond donors (Lipinski definition) is 1. The molecule has 23 heavy (non-hydrogen) atoms. The summed E-state index contributed by atoms with van der Waals surface area (Å²) in [5, 5.41) is 9.21. The van der Waals surface area contributed by atoms with E-state index in [1.54, 1.807) is 24.3 Å². The Balaban J connectivity index is 2.01. The van der Waals surface area contributed by atoms with Crippen molar-refractivity contribution >= 4 is 5.97 Å². The molecule has 0 aliphatic carbocycles. The maximum absolute atomic E-state index is 12.1. The van der Waals surface area contributed by atoms with Gasteiger partial charge in [-0.15, -0.1) is 0 Å². The molecule has 0 aliphatic rings. The highest BCUT2D eigenvalue weighted by Crippen LogP contribution is 2.23. The Labute approximate surface area is 136 Å². The average Bonchev–Trinajstić information content (AvgIpc) is 2.49. The van der Waals surface area contributed by atoms with Gasteiger partial charge in [0.05, 0.1) is 5.56 Å². The SMILES string of the molecule is CCCC(C)(C)Oc1ccc(C(=O)Oc2ccc(O)cc2)cc1. The molecule has 0 amide bonds. The molecule has 2 aromatic carbocycles. The molecule has 0 radical (unpaired) electrons. The van der Waals surface area contributed by atoms with Crippen LogP contribution in [-0.4, -0.2) is 16.7 Å². The minimum absolute atomic E-state index is 0.126. The van der Waals surface area contributed by atoms with Crippen LogP contribution in [0.2, 0.25) is 0 Å². The Bertz CT molecular complexity index is 642. The van der Waals surface area contributed by atoms with E-state index in [1.807, 2.05) is 13.8 Å². The first-order chi connectivity index (χ1) is 10.9. The lowest BCUT2D eigenvalue weighted by atomic mass is 10.0. The van der Waals surface area contributed by atoms with E-state index in [4.69, 9.17) is 9.47 Å². The molecular weight excluding hydrogens is 292 g/mol. The fraction of sp³-hybridized carbons (Fsp3) is 0.316. The van der Waals surface area contributed by atoms with Gasteiger partial charge in [-0.2, -0.15) is 0 Å². The number of benzene rings is 2. The van der Waals surface area contributed by atoms with Gasteiger partial charge in [-0.25, -0.2) is 4.79 Å². The Morgan fingerprint density at radius 3 is 2.13 bits per heavy atom. The summed E-state index contributed by atoms with van der Waals surface area (Å²) in [7, 11) is 0.